The third-order valence-corrected chi connectivity index (χ3v) is 2.88. The number of hydrogen-bond acceptors (Lipinski definition) is 2. The normalized spacial score (nSPS) is 12.2. The number of ether oxygens (including phenoxy) is 1. The van der Waals surface area contributed by atoms with Gasteiger partial charge in [0.05, 0.1) is 6.61 Å². The first-order chi connectivity index (χ1) is 9.06. The Hall–Kier alpha value is -1.26. The van der Waals surface area contributed by atoms with E-state index in [1.54, 1.807) is 19.3 Å². The van der Waals surface area contributed by atoms with Crippen LogP contribution in [0.15, 0.2) is 23.8 Å². The molecule has 1 N–H and O–H groups in total. The summed E-state index contributed by atoms with van der Waals surface area (Å²) in [7, 11) is 1.64. The van der Waals surface area contributed by atoms with Crippen molar-refractivity contribution in [2.45, 2.75) is 13.8 Å². The molecule has 106 valence electrons. The Morgan fingerprint density at radius 1 is 1.37 bits per heavy atom. The molecule has 0 unspecified atom stereocenters. The van der Waals surface area contributed by atoms with Gasteiger partial charge in [0.15, 0.2) is 11.6 Å². The summed E-state index contributed by atoms with van der Waals surface area (Å²) in [6.07, 6.45) is 1.71. The molecule has 0 saturated carbocycles. The average Bonchev–Trinajstić information content (AvgIpc) is 2.37. The van der Waals surface area contributed by atoms with Gasteiger partial charge in [-0.15, -0.1) is 0 Å². The van der Waals surface area contributed by atoms with Crippen LogP contribution in [0.1, 0.15) is 19.4 Å². The van der Waals surface area contributed by atoms with E-state index in [9.17, 15) is 8.78 Å². The molecule has 0 atom stereocenters. The molecule has 4 heteroatoms. The molecule has 0 aliphatic heterocycles. The van der Waals surface area contributed by atoms with Gasteiger partial charge < -0.3 is 10.1 Å². The molecular formula is C15H21F2NO. The Labute approximate surface area is 113 Å². The molecule has 0 fully saturated rings. The summed E-state index contributed by atoms with van der Waals surface area (Å²) in [4.78, 5) is 0. The van der Waals surface area contributed by atoms with E-state index in [4.69, 9.17) is 4.74 Å². The maximum absolute atomic E-state index is 13.6. The van der Waals surface area contributed by atoms with Crippen LogP contribution in [0.2, 0.25) is 0 Å². The van der Waals surface area contributed by atoms with Crippen LogP contribution in [0.25, 0.3) is 6.08 Å². The summed E-state index contributed by atoms with van der Waals surface area (Å²) in [5.41, 5.74) is 1.32. The topological polar surface area (TPSA) is 21.3 Å². The van der Waals surface area contributed by atoms with Gasteiger partial charge in [-0.2, -0.15) is 0 Å². The maximum atomic E-state index is 13.6. The average molecular weight is 269 g/mol. The highest BCUT2D eigenvalue weighted by atomic mass is 19.2. The molecule has 0 aromatic heterocycles. The fourth-order valence-corrected chi connectivity index (χ4v) is 1.66. The van der Waals surface area contributed by atoms with E-state index in [0.29, 0.717) is 13.2 Å². The van der Waals surface area contributed by atoms with Crippen LogP contribution in [0.4, 0.5) is 8.78 Å². The second-order valence-electron chi connectivity index (χ2n) is 4.69. The zero-order chi connectivity index (χ0) is 14.3. The molecule has 0 aliphatic carbocycles. The molecule has 0 amide bonds. The number of benzene rings is 1. The van der Waals surface area contributed by atoms with E-state index in [0.717, 1.165) is 18.2 Å². The molecule has 2 nitrogen and oxygen atoms in total. The third kappa shape index (κ3) is 5.09. The lowest BCUT2D eigenvalue weighted by molar-refractivity contribution is 0.200. The van der Waals surface area contributed by atoms with E-state index in [2.05, 4.69) is 5.32 Å². The first-order valence-corrected chi connectivity index (χ1v) is 6.40. The Balaban J connectivity index is 2.80. The third-order valence-electron chi connectivity index (χ3n) is 2.88. The molecule has 0 aliphatic rings. The predicted octanol–water partition coefficient (Wildman–Crippen LogP) is 3.24. The van der Waals surface area contributed by atoms with E-state index in [-0.39, 0.29) is 11.5 Å². The van der Waals surface area contributed by atoms with Crippen LogP contribution in [0, 0.1) is 17.6 Å². The standard InChI is InChI=1S/C15H21F2NO/c1-11(2)13(10-18-7-8-19-3)9-12-5-4-6-14(16)15(12)17/h4-6,9,11,18H,7-8,10H2,1-3H3. The number of nitrogens with one attached hydrogen (secondary N) is 1. The Kier molecular flexibility index (Phi) is 6.67. The van der Waals surface area contributed by atoms with Crippen molar-refractivity contribution in [1.29, 1.82) is 0 Å². The molecule has 19 heavy (non-hydrogen) atoms. The van der Waals surface area contributed by atoms with Gasteiger partial charge in [0.25, 0.3) is 0 Å². The van der Waals surface area contributed by atoms with E-state index < -0.39 is 11.6 Å². The van der Waals surface area contributed by atoms with Crippen molar-refractivity contribution in [2.75, 3.05) is 26.8 Å². The van der Waals surface area contributed by atoms with Gasteiger partial charge in [0.1, 0.15) is 0 Å². The lowest BCUT2D eigenvalue weighted by atomic mass is 10.00. The van der Waals surface area contributed by atoms with Gasteiger partial charge in [-0.3, -0.25) is 0 Å². The second-order valence-corrected chi connectivity index (χ2v) is 4.69. The second kappa shape index (κ2) is 8.02. The quantitative estimate of drug-likeness (QED) is 0.767. The zero-order valence-corrected chi connectivity index (χ0v) is 11.7. The fourth-order valence-electron chi connectivity index (χ4n) is 1.66. The number of hydrogen-bond donors (Lipinski definition) is 1. The van der Waals surface area contributed by atoms with Gasteiger partial charge >= 0.3 is 0 Å². The molecule has 0 heterocycles. The monoisotopic (exact) mass is 269 g/mol. The Morgan fingerprint density at radius 2 is 2.11 bits per heavy atom. The molecule has 1 aromatic rings. The summed E-state index contributed by atoms with van der Waals surface area (Å²) in [5.74, 6) is -1.35. The predicted molar refractivity (Wildman–Crippen MR) is 73.9 cm³/mol. The smallest absolute Gasteiger partial charge is 0.166 e. The summed E-state index contributed by atoms with van der Waals surface area (Å²) in [6, 6.07) is 4.22. The van der Waals surface area contributed by atoms with Crippen LogP contribution in [-0.4, -0.2) is 26.8 Å². The molecule has 1 rings (SSSR count). The fraction of sp³-hybridized carbons (Fsp3) is 0.467. The van der Waals surface area contributed by atoms with Gasteiger partial charge in [0.2, 0.25) is 0 Å². The summed E-state index contributed by atoms with van der Waals surface area (Å²) >= 11 is 0. The van der Waals surface area contributed by atoms with Gasteiger partial charge in [0, 0.05) is 25.8 Å². The first kappa shape index (κ1) is 15.8. The van der Waals surface area contributed by atoms with Gasteiger partial charge in [-0.25, -0.2) is 8.78 Å². The number of rotatable bonds is 7. The van der Waals surface area contributed by atoms with E-state index >= 15 is 0 Å². The summed E-state index contributed by atoms with van der Waals surface area (Å²) in [6.45, 7) is 6.05. The maximum Gasteiger partial charge on any atom is 0.166 e. The Morgan fingerprint density at radius 3 is 2.74 bits per heavy atom. The highest BCUT2D eigenvalue weighted by Gasteiger charge is 2.08. The molecule has 0 saturated heterocycles. The van der Waals surface area contributed by atoms with Crippen molar-refractivity contribution in [3.05, 3.63) is 41.0 Å². The van der Waals surface area contributed by atoms with Crippen LogP contribution < -0.4 is 5.32 Å². The van der Waals surface area contributed by atoms with Crippen molar-refractivity contribution in [2.24, 2.45) is 5.92 Å². The minimum Gasteiger partial charge on any atom is -0.383 e. The van der Waals surface area contributed by atoms with Crippen LogP contribution in [-0.2, 0) is 4.74 Å². The molecular weight excluding hydrogens is 248 g/mol. The lowest BCUT2D eigenvalue weighted by Crippen LogP contribution is -2.23. The number of halogens is 2. The summed E-state index contributed by atoms with van der Waals surface area (Å²) in [5, 5.41) is 3.21. The Bertz CT molecular complexity index is 430. The minimum atomic E-state index is -0.816. The molecule has 0 radical (unpaired) electrons. The largest absolute Gasteiger partial charge is 0.383 e. The van der Waals surface area contributed by atoms with Crippen molar-refractivity contribution >= 4 is 6.08 Å². The highest BCUT2D eigenvalue weighted by Crippen LogP contribution is 2.18. The van der Waals surface area contributed by atoms with Crippen LogP contribution in [0.5, 0.6) is 0 Å². The molecule has 0 bridgehead atoms. The first-order valence-electron chi connectivity index (χ1n) is 6.40. The minimum absolute atomic E-state index is 0.262. The van der Waals surface area contributed by atoms with Gasteiger partial charge in [-0.1, -0.05) is 37.6 Å². The van der Waals surface area contributed by atoms with E-state index in [1.165, 1.54) is 6.07 Å². The van der Waals surface area contributed by atoms with Crippen molar-refractivity contribution in [3.63, 3.8) is 0 Å². The number of methoxy groups -OCH3 is 1. The van der Waals surface area contributed by atoms with Crippen LogP contribution >= 0.6 is 0 Å². The SMILES string of the molecule is COCCNCC(=Cc1cccc(F)c1F)C(C)C. The van der Waals surface area contributed by atoms with E-state index in [1.807, 2.05) is 13.8 Å². The van der Waals surface area contributed by atoms with Crippen molar-refractivity contribution < 1.29 is 13.5 Å². The van der Waals surface area contributed by atoms with Crippen molar-refractivity contribution in [1.82, 2.24) is 5.32 Å². The molecule has 0 spiro atoms. The lowest BCUT2D eigenvalue weighted by Gasteiger charge is -2.13. The summed E-state index contributed by atoms with van der Waals surface area (Å²) < 4.78 is 31.7. The van der Waals surface area contributed by atoms with Crippen molar-refractivity contribution in [3.8, 4) is 0 Å². The van der Waals surface area contributed by atoms with Crippen LogP contribution in [0.3, 0.4) is 0 Å². The highest BCUT2D eigenvalue weighted by molar-refractivity contribution is 5.54. The van der Waals surface area contributed by atoms with Gasteiger partial charge in [-0.05, 0) is 12.0 Å². The zero-order valence-electron chi connectivity index (χ0n) is 11.7. The molecule has 1 aromatic carbocycles.